The van der Waals surface area contributed by atoms with E-state index in [1.807, 2.05) is 0 Å². The van der Waals surface area contributed by atoms with Gasteiger partial charge < -0.3 is 4.42 Å². The molecule has 4 nitrogen and oxygen atoms in total. The van der Waals surface area contributed by atoms with Gasteiger partial charge in [0.2, 0.25) is 10.0 Å². The fourth-order valence-corrected chi connectivity index (χ4v) is 5.93. The molecule has 0 unspecified atom stereocenters. The number of halogens is 3. The molecule has 2 heterocycles. The first-order valence-electron chi connectivity index (χ1n) is 4.99. The molecule has 0 spiro atoms. The van der Waals surface area contributed by atoms with Gasteiger partial charge in [-0.25, -0.2) is 13.1 Å². The number of sulfonamides is 1. The molecule has 0 aliphatic heterocycles. The van der Waals surface area contributed by atoms with E-state index in [1.165, 1.54) is 0 Å². The molecule has 2 rings (SSSR count). The summed E-state index contributed by atoms with van der Waals surface area (Å²) in [6.45, 7) is 1.83. The van der Waals surface area contributed by atoms with Crippen molar-refractivity contribution in [3.63, 3.8) is 0 Å². The monoisotopic (exact) mass is 403 g/mol. The molecule has 2 aromatic heterocycles. The highest BCUT2D eigenvalue weighted by molar-refractivity contribution is 9.10. The normalized spacial score (nSPS) is 12.0. The average molecular weight is 405 g/mol. The van der Waals surface area contributed by atoms with E-state index in [-0.39, 0.29) is 20.2 Å². The summed E-state index contributed by atoms with van der Waals surface area (Å²) in [6, 6.07) is 3.46. The maximum absolute atomic E-state index is 12.1. The van der Waals surface area contributed by atoms with Gasteiger partial charge in [0, 0.05) is 0 Å². The average Bonchev–Trinajstić information content (AvgIpc) is 2.82. The SMILES string of the molecule is Cc1ccc(CNS(=O)(=O)c2c(Cl)sc(Cl)c2Br)o1. The zero-order chi connectivity index (χ0) is 14.2. The van der Waals surface area contributed by atoms with Crippen LogP contribution < -0.4 is 4.72 Å². The highest BCUT2D eigenvalue weighted by atomic mass is 79.9. The lowest BCUT2D eigenvalue weighted by Gasteiger charge is -2.05. The zero-order valence-electron chi connectivity index (χ0n) is 9.54. The molecule has 0 aliphatic rings. The Labute approximate surface area is 132 Å². The van der Waals surface area contributed by atoms with Crippen molar-refractivity contribution >= 4 is 60.5 Å². The van der Waals surface area contributed by atoms with E-state index >= 15 is 0 Å². The predicted octanol–water partition coefficient (Wildman–Crippen LogP) is 4.20. The lowest BCUT2D eigenvalue weighted by molar-refractivity contribution is 0.475. The molecule has 0 atom stereocenters. The Balaban J connectivity index is 2.23. The molecular weight excluding hydrogens is 397 g/mol. The minimum Gasteiger partial charge on any atom is -0.465 e. The van der Waals surface area contributed by atoms with Crippen LogP contribution in [0.5, 0.6) is 0 Å². The molecule has 0 aliphatic carbocycles. The highest BCUT2D eigenvalue weighted by Gasteiger charge is 2.26. The van der Waals surface area contributed by atoms with Crippen molar-refractivity contribution in [2.75, 3.05) is 0 Å². The van der Waals surface area contributed by atoms with E-state index in [0.29, 0.717) is 15.9 Å². The third-order valence-corrected chi connectivity index (χ3v) is 7.10. The van der Waals surface area contributed by atoms with E-state index < -0.39 is 10.0 Å². The minimum absolute atomic E-state index is 0.0480. The molecule has 0 bridgehead atoms. The summed E-state index contributed by atoms with van der Waals surface area (Å²) in [5.41, 5.74) is 0. The molecular formula is C10H8BrCl2NO3S2. The molecule has 2 aromatic rings. The van der Waals surface area contributed by atoms with E-state index in [0.717, 1.165) is 11.3 Å². The maximum Gasteiger partial charge on any atom is 0.244 e. The molecule has 0 saturated heterocycles. The van der Waals surface area contributed by atoms with Crippen LogP contribution in [0.4, 0.5) is 0 Å². The molecule has 0 fully saturated rings. The van der Waals surface area contributed by atoms with Crippen LogP contribution in [0.25, 0.3) is 0 Å². The number of furan rings is 1. The fourth-order valence-electron chi connectivity index (χ4n) is 1.39. The Kier molecular flexibility index (Phi) is 4.64. The first kappa shape index (κ1) is 15.3. The Bertz CT molecular complexity index is 708. The van der Waals surface area contributed by atoms with Gasteiger partial charge in [-0.3, -0.25) is 0 Å². The third kappa shape index (κ3) is 3.34. The summed E-state index contributed by atoms with van der Waals surface area (Å²) in [6.07, 6.45) is 0. The molecule has 9 heteroatoms. The summed E-state index contributed by atoms with van der Waals surface area (Å²) in [7, 11) is -3.75. The number of thiophene rings is 1. The Morgan fingerprint density at radius 2 is 2.05 bits per heavy atom. The van der Waals surface area contributed by atoms with Gasteiger partial charge >= 0.3 is 0 Å². The van der Waals surface area contributed by atoms with Crippen molar-refractivity contribution < 1.29 is 12.8 Å². The maximum atomic E-state index is 12.1. The fraction of sp³-hybridized carbons (Fsp3) is 0.200. The van der Waals surface area contributed by atoms with Gasteiger partial charge in [-0.15, -0.1) is 11.3 Å². The molecule has 1 N–H and O–H groups in total. The molecule has 19 heavy (non-hydrogen) atoms. The number of nitrogens with one attached hydrogen (secondary N) is 1. The van der Waals surface area contributed by atoms with Crippen LogP contribution in [0.15, 0.2) is 25.9 Å². The smallest absolute Gasteiger partial charge is 0.244 e. The Hall–Kier alpha value is -0.0500. The van der Waals surface area contributed by atoms with Crippen molar-refractivity contribution in [2.45, 2.75) is 18.4 Å². The van der Waals surface area contributed by atoms with Crippen LogP contribution in [-0.4, -0.2) is 8.42 Å². The summed E-state index contributed by atoms with van der Waals surface area (Å²) < 4.78 is 32.7. The van der Waals surface area contributed by atoms with Gasteiger partial charge in [0.25, 0.3) is 0 Å². The summed E-state index contributed by atoms with van der Waals surface area (Å²) in [5, 5.41) is 0. The second kappa shape index (κ2) is 5.75. The Morgan fingerprint density at radius 1 is 1.37 bits per heavy atom. The summed E-state index contributed by atoms with van der Waals surface area (Å²) in [5.74, 6) is 1.24. The number of aryl methyl sites for hydroxylation is 1. The highest BCUT2D eigenvalue weighted by Crippen LogP contribution is 2.42. The van der Waals surface area contributed by atoms with Crippen molar-refractivity contribution in [2.24, 2.45) is 0 Å². The van der Waals surface area contributed by atoms with Crippen LogP contribution in [0.1, 0.15) is 11.5 Å². The van der Waals surface area contributed by atoms with E-state index in [2.05, 4.69) is 20.7 Å². The largest absolute Gasteiger partial charge is 0.465 e. The van der Waals surface area contributed by atoms with Gasteiger partial charge in [0.05, 0.1) is 11.0 Å². The quantitative estimate of drug-likeness (QED) is 0.830. The standard InChI is InChI=1S/C10H8BrCl2NO3S2/c1-5-2-3-6(17-5)4-14-19(15,16)8-7(11)9(12)18-10(8)13/h2-3,14H,4H2,1H3. The number of rotatable bonds is 4. The van der Waals surface area contributed by atoms with Gasteiger partial charge in [-0.1, -0.05) is 23.2 Å². The van der Waals surface area contributed by atoms with Crippen LogP contribution in [0, 0.1) is 6.92 Å². The van der Waals surface area contributed by atoms with Crippen molar-refractivity contribution in [3.05, 3.63) is 36.8 Å². The number of hydrogen-bond donors (Lipinski definition) is 1. The van der Waals surface area contributed by atoms with Gasteiger partial charge in [0.1, 0.15) is 25.1 Å². The molecule has 0 amide bonds. The number of hydrogen-bond acceptors (Lipinski definition) is 4. The first-order chi connectivity index (χ1) is 8.81. The van der Waals surface area contributed by atoms with E-state index in [4.69, 9.17) is 27.6 Å². The second-order valence-electron chi connectivity index (χ2n) is 3.63. The minimum atomic E-state index is -3.75. The zero-order valence-corrected chi connectivity index (χ0v) is 14.3. The van der Waals surface area contributed by atoms with Crippen molar-refractivity contribution in [3.8, 4) is 0 Å². The van der Waals surface area contributed by atoms with Crippen molar-refractivity contribution in [1.29, 1.82) is 0 Å². The van der Waals surface area contributed by atoms with Gasteiger partial charge in [0.15, 0.2) is 0 Å². The predicted molar refractivity (Wildman–Crippen MR) is 79.5 cm³/mol. The molecule has 0 radical (unpaired) electrons. The lowest BCUT2D eigenvalue weighted by atomic mass is 10.4. The molecule has 0 aromatic carbocycles. The van der Waals surface area contributed by atoms with Crippen molar-refractivity contribution in [1.82, 2.24) is 4.72 Å². The Morgan fingerprint density at radius 3 is 2.53 bits per heavy atom. The van der Waals surface area contributed by atoms with Crippen LogP contribution in [0.3, 0.4) is 0 Å². The molecule has 0 saturated carbocycles. The lowest BCUT2D eigenvalue weighted by Crippen LogP contribution is -2.23. The second-order valence-corrected chi connectivity index (χ2v) is 8.35. The summed E-state index contributed by atoms with van der Waals surface area (Å²) in [4.78, 5) is -0.0487. The van der Waals surface area contributed by atoms with Crippen LogP contribution >= 0.6 is 50.5 Å². The topological polar surface area (TPSA) is 59.3 Å². The van der Waals surface area contributed by atoms with E-state index in [1.54, 1.807) is 19.1 Å². The first-order valence-corrected chi connectivity index (χ1v) is 8.84. The van der Waals surface area contributed by atoms with Crippen LogP contribution in [-0.2, 0) is 16.6 Å². The third-order valence-electron chi connectivity index (χ3n) is 2.23. The van der Waals surface area contributed by atoms with Gasteiger partial charge in [-0.2, -0.15) is 0 Å². The van der Waals surface area contributed by atoms with Crippen LogP contribution in [0.2, 0.25) is 8.67 Å². The van der Waals surface area contributed by atoms with E-state index in [9.17, 15) is 8.42 Å². The van der Waals surface area contributed by atoms with Gasteiger partial charge in [-0.05, 0) is 35.0 Å². The molecule has 104 valence electrons. The summed E-state index contributed by atoms with van der Waals surface area (Å²) >= 11 is 15.8.